The number of aromatic nitrogens is 5. The Labute approximate surface area is 136 Å². The van der Waals surface area contributed by atoms with Crippen LogP contribution in [-0.2, 0) is 19.3 Å². The van der Waals surface area contributed by atoms with Gasteiger partial charge >= 0.3 is 6.18 Å². The Kier molecular flexibility index (Phi) is 3.94. The van der Waals surface area contributed by atoms with Gasteiger partial charge in [-0.15, -0.1) is 0 Å². The SMILES string of the molecule is CCn1cc(CNc2cc(C)nc3cc(C)nn23)c(C(F)(F)F)n1. The maximum Gasteiger partial charge on any atom is 0.435 e. The number of nitrogens with one attached hydrogen (secondary N) is 1. The Balaban J connectivity index is 1.93. The molecule has 0 aliphatic heterocycles. The minimum absolute atomic E-state index is 0.00763. The van der Waals surface area contributed by atoms with E-state index in [2.05, 4.69) is 20.5 Å². The van der Waals surface area contributed by atoms with Crippen molar-refractivity contribution in [2.75, 3.05) is 5.32 Å². The van der Waals surface area contributed by atoms with E-state index in [4.69, 9.17) is 0 Å². The number of fused-ring (bicyclic) bond motifs is 1. The highest BCUT2D eigenvalue weighted by molar-refractivity contribution is 5.50. The van der Waals surface area contributed by atoms with Crippen LogP contribution in [0.5, 0.6) is 0 Å². The first-order chi connectivity index (χ1) is 11.3. The summed E-state index contributed by atoms with van der Waals surface area (Å²) in [5.74, 6) is 0.586. The quantitative estimate of drug-likeness (QED) is 0.794. The second kappa shape index (κ2) is 5.81. The molecule has 128 valence electrons. The van der Waals surface area contributed by atoms with Gasteiger partial charge in [0.2, 0.25) is 0 Å². The maximum absolute atomic E-state index is 13.1. The summed E-state index contributed by atoms with van der Waals surface area (Å²) in [6, 6.07) is 3.56. The third-order valence-electron chi connectivity index (χ3n) is 3.57. The zero-order chi connectivity index (χ0) is 17.5. The van der Waals surface area contributed by atoms with Crippen molar-refractivity contribution in [2.24, 2.45) is 0 Å². The highest BCUT2D eigenvalue weighted by atomic mass is 19.4. The van der Waals surface area contributed by atoms with Crippen molar-refractivity contribution in [2.45, 2.75) is 40.0 Å². The molecule has 3 aromatic rings. The lowest BCUT2D eigenvalue weighted by atomic mass is 10.2. The van der Waals surface area contributed by atoms with Crippen LogP contribution in [-0.4, -0.2) is 24.4 Å². The van der Waals surface area contributed by atoms with E-state index < -0.39 is 11.9 Å². The summed E-state index contributed by atoms with van der Waals surface area (Å²) in [7, 11) is 0. The molecule has 9 heteroatoms. The summed E-state index contributed by atoms with van der Waals surface area (Å²) >= 11 is 0. The van der Waals surface area contributed by atoms with Crippen molar-refractivity contribution in [1.82, 2.24) is 24.4 Å². The number of hydrogen-bond donors (Lipinski definition) is 1. The molecule has 3 aromatic heterocycles. The van der Waals surface area contributed by atoms with E-state index in [-0.39, 0.29) is 12.1 Å². The van der Waals surface area contributed by atoms with Gasteiger partial charge in [0.05, 0.1) is 5.69 Å². The molecule has 6 nitrogen and oxygen atoms in total. The van der Waals surface area contributed by atoms with Gasteiger partial charge in [-0.2, -0.15) is 27.9 Å². The van der Waals surface area contributed by atoms with Crippen molar-refractivity contribution in [1.29, 1.82) is 0 Å². The van der Waals surface area contributed by atoms with Crippen LogP contribution in [0.1, 0.15) is 29.6 Å². The van der Waals surface area contributed by atoms with Crippen LogP contribution in [0, 0.1) is 13.8 Å². The van der Waals surface area contributed by atoms with E-state index in [1.54, 1.807) is 17.5 Å². The van der Waals surface area contributed by atoms with Crippen LogP contribution in [0.2, 0.25) is 0 Å². The largest absolute Gasteiger partial charge is 0.435 e. The van der Waals surface area contributed by atoms with E-state index in [0.717, 1.165) is 11.4 Å². The average molecular weight is 338 g/mol. The number of aryl methyl sites for hydroxylation is 3. The van der Waals surface area contributed by atoms with Gasteiger partial charge in [0.1, 0.15) is 5.82 Å². The maximum atomic E-state index is 13.1. The van der Waals surface area contributed by atoms with E-state index in [1.165, 1.54) is 10.9 Å². The zero-order valence-corrected chi connectivity index (χ0v) is 13.5. The molecule has 0 amide bonds. The molecule has 1 N–H and O–H groups in total. The molecule has 0 aromatic carbocycles. The van der Waals surface area contributed by atoms with Gasteiger partial charge in [0.15, 0.2) is 11.3 Å². The van der Waals surface area contributed by atoms with Crippen molar-refractivity contribution in [3.05, 3.63) is 41.0 Å². The smallest absolute Gasteiger partial charge is 0.366 e. The number of hydrogen-bond acceptors (Lipinski definition) is 4. The second-order valence-corrected chi connectivity index (χ2v) is 5.55. The average Bonchev–Trinajstić information content (AvgIpc) is 3.06. The molecule has 0 spiro atoms. The summed E-state index contributed by atoms with van der Waals surface area (Å²) in [4.78, 5) is 4.35. The van der Waals surface area contributed by atoms with Crippen LogP contribution in [0.4, 0.5) is 19.0 Å². The minimum atomic E-state index is -4.48. The van der Waals surface area contributed by atoms with Gasteiger partial charge in [-0.1, -0.05) is 0 Å². The number of nitrogens with zero attached hydrogens (tertiary/aromatic N) is 5. The van der Waals surface area contributed by atoms with Crippen molar-refractivity contribution in [3.63, 3.8) is 0 Å². The van der Waals surface area contributed by atoms with Crippen LogP contribution < -0.4 is 5.32 Å². The van der Waals surface area contributed by atoms with E-state index >= 15 is 0 Å². The Morgan fingerprint density at radius 1 is 1.12 bits per heavy atom. The molecule has 0 radical (unpaired) electrons. The van der Waals surface area contributed by atoms with Gasteiger partial charge in [-0.05, 0) is 20.8 Å². The Morgan fingerprint density at radius 2 is 1.88 bits per heavy atom. The Morgan fingerprint density at radius 3 is 2.54 bits per heavy atom. The highest BCUT2D eigenvalue weighted by Gasteiger charge is 2.36. The zero-order valence-electron chi connectivity index (χ0n) is 13.5. The normalized spacial score (nSPS) is 12.1. The minimum Gasteiger partial charge on any atom is -0.366 e. The van der Waals surface area contributed by atoms with Crippen LogP contribution in [0.3, 0.4) is 0 Å². The number of halogens is 3. The molecular formula is C15H17F3N6. The highest BCUT2D eigenvalue weighted by Crippen LogP contribution is 2.31. The molecule has 0 aliphatic rings. The van der Waals surface area contributed by atoms with Crippen molar-refractivity contribution in [3.8, 4) is 0 Å². The summed E-state index contributed by atoms with van der Waals surface area (Å²) < 4.78 is 42.2. The topological polar surface area (TPSA) is 60.0 Å². The van der Waals surface area contributed by atoms with Crippen molar-refractivity contribution < 1.29 is 13.2 Å². The lowest BCUT2D eigenvalue weighted by Gasteiger charge is -2.10. The molecule has 0 unspecified atom stereocenters. The molecule has 0 atom stereocenters. The third kappa shape index (κ3) is 3.06. The van der Waals surface area contributed by atoms with Gasteiger partial charge in [0, 0.05) is 42.7 Å². The summed E-state index contributed by atoms with van der Waals surface area (Å²) in [5.41, 5.74) is 1.41. The predicted octanol–water partition coefficient (Wildman–Crippen LogP) is 3.19. The lowest BCUT2D eigenvalue weighted by molar-refractivity contribution is -0.142. The fourth-order valence-electron chi connectivity index (χ4n) is 2.52. The van der Waals surface area contributed by atoms with E-state index in [9.17, 15) is 13.2 Å². The summed E-state index contributed by atoms with van der Waals surface area (Å²) in [5, 5.41) is 10.9. The molecule has 0 aliphatic carbocycles. The second-order valence-electron chi connectivity index (χ2n) is 5.55. The molecule has 3 rings (SSSR count). The third-order valence-corrected chi connectivity index (χ3v) is 3.57. The molecule has 0 bridgehead atoms. The van der Waals surface area contributed by atoms with Crippen LogP contribution in [0.25, 0.3) is 5.65 Å². The standard InChI is InChI=1S/C15H17F3N6/c1-4-23-8-11(14(22-23)15(16,17)18)7-19-12-5-9(2)20-13-6-10(3)21-24(12)13/h5-6,8,19H,4,7H2,1-3H3. The summed E-state index contributed by atoms with van der Waals surface area (Å²) in [6.45, 7) is 5.77. The Bertz CT molecular complexity index is 877. The number of alkyl halides is 3. The van der Waals surface area contributed by atoms with E-state index in [0.29, 0.717) is 18.0 Å². The Hall–Kier alpha value is -2.58. The van der Waals surface area contributed by atoms with E-state index in [1.807, 2.05) is 19.9 Å². The summed E-state index contributed by atoms with van der Waals surface area (Å²) in [6.07, 6.45) is -3.07. The fourth-order valence-corrected chi connectivity index (χ4v) is 2.52. The first-order valence-electron chi connectivity index (χ1n) is 7.49. The molecule has 0 fully saturated rings. The lowest BCUT2D eigenvalue weighted by Crippen LogP contribution is -2.13. The number of rotatable bonds is 4. The number of anilines is 1. The van der Waals surface area contributed by atoms with Crippen molar-refractivity contribution >= 4 is 11.5 Å². The van der Waals surface area contributed by atoms with Crippen LogP contribution in [0.15, 0.2) is 18.3 Å². The molecular weight excluding hydrogens is 321 g/mol. The first kappa shape index (κ1) is 16.3. The molecule has 3 heterocycles. The van der Waals surface area contributed by atoms with Gasteiger partial charge in [-0.25, -0.2) is 4.98 Å². The fraction of sp³-hybridized carbons (Fsp3) is 0.400. The monoisotopic (exact) mass is 338 g/mol. The van der Waals surface area contributed by atoms with Gasteiger partial charge in [-0.3, -0.25) is 4.68 Å². The van der Waals surface area contributed by atoms with Gasteiger partial charge in [0.25, 0.3) is 0 Å². The molecule has 0 saturated heterocycles. The molecule has 24 heavy (non-hydrogen) atoms. The van der Waals surface area contributed by atoms with Gasteiger partial charge < -0.3 is 5.32 Å². The molecule has 0 saturated carbocycles. The van der Waals surface area contributed by atoms with Crippen LogP contribution >= 0.6 is 0 Å². The predicted molar refractivity (Wildman–Crippen MR) is 82.7 cm³/mol. The first-order valence-corrected chi connectivity index (χ1v) is 7.49.